The highest BCUT2D eigenvalue weighted by atomic mass is 16.2. The Morgan fingerprint density at radius 3 is 2.25 bits per heavy atom. The quantitative estimate of drug-likeness (QED) is 0.565. The highest BCUT2D eigenvalue weighted by Gasteiger charge is 2.52. The Morgan fingerprint density at radius 1 is 1.06 bits per heavy atom. The van der Waals surface area contributed by atoms with Crippen LogP contribution in [-0.2, 0) is 19.2 Å². The normalized spacial score (nSPS) is 19.8. The van der Waals surface area contributed by atoms with Crippen LogP contribution in [0.1, 0.15) is 44.0 Å². The van der Waals surface area contributed by atoms with E-state index in [-0.39, 0.29) is 48.4 Å². The van der Waals surface area contributed by atoms with Gasteiger partial charge < -0.3 is 24.9 Å². The summed E-state index contributed by atoms with van der Waals surface area (Å²) in [5, 5.41) is 2.88. The summed E-state index contributed by atoms with van der Waals surface area (Å²) in [5.41, 5.74) is 1.41. The Hall–Kier alpha value is -3.43. The Kier molecular flexibility index (Phi) is 8.37. The van der Waals surface area contributed by atoms with Gasteiger partial charge >= 0.3 is 0 Å². The van der Waals surface area contributed by atoms with Gasteiger partial charge in [0.1, 0.15) is 12.1 Å². The summed E-state index contributed by atoms with van der Waals surface area (Å²) in [6.07, 6.45) is 0.903. The number of hydrogen-bond donors (Lipinski definition) is 1. The molecule has 3 unspecified atom stereocenters. The van der Waals surface area contributed by atoms with Crippen molar-refractivity contribution in [3.63, 3.8) is 0 Å². The average molecular weight is 500 g/mol. The van der Waals surface area contributed by atoms with Crippen molar-refractivity contribution < 1.29 is 24.0 Å². The topological polar surface area (TPSA) is 110 Å². The first-order valence-electron chi connectivity index (χ1n) is 12.3. The number of likely N-dealkylation sites (N-methyl/N-ethyl adjacent to an activating group) is 1. The molecule has 2 aliphatic rings. The molecular formula is C26H37N5O5. The van der Waals surface area contributed by atoms with Crippen molar-refractivity contribution in [2.45, 2.75) is 51.7 Å². The highest BCUT2D eigenvalue weighted by Crippen LogP contribution is 2.31. The van der Waals surface area contributed by atoms with Crippen LogP contribution < -0.4 is 10.2 Å². The number of carbonyl (C=O) groups excluding carboxylic acids is 5. The summed E-state index contributed by atoms with van der Waals surface area (Å²) >= 11 is 0. The van der Waals surface area contributed by atoms with Crippen LogP contribution in [0.3, 0.4) is 0 Å². The maximum Gasteiger partial charge on any atom is 0.251 e. The first-order chi connectivity index (χ1) is 16.9. The molecule has 0 spiro atoms. The molecule has 0 saturated carbocycles. The summed E-state index contributed by atoms with van der Waals surface area (Å²) in [7, 11) is 5.36. The number of fused-ring (bicyclic) bond motifs is 1. The molecule has 2 heterocycles. The highest BCUT2D eigenvalue weighted by molar-refractivity contribution is 6.01. The van der Waals surface area contributed by atoms with E-state index in [1.165, 1.54) is 28.7 Å². The fraction of sp³-hybridized carbons (Fsp3) is 0.577. The molecule has 1 aromatic rings. The predicted molar refractivity (Wildman–Crippen MR) is 135 cm³/mol. The molecule has 10 nitrogen and oxygen atoms in total. The van der Waals surface area contributed by atoms with E-state index in [0.29, 0.717) is 24.9 Å². The van der Waals surface area contributed by atoms with E-state index in [0.717, 1.165) is 5.69 Å². The lowest BCUT2D eigenvalue weighted by molar-refractivity contribution is -0.139. The largest absolute Gasteiger partial charge is 0.378 e. The molecule has 196 valence electrons. The zero-order chi connectivity index (χ0) is 26.7. The van der Waals surface area contributed by atoms with E-state index in [1.807, 2.05) is 45.0 Å². The number of ketones is 1. The van der Waals surface area contributed by atoms with Gasteiger partial charge in [-0.25, -0.2) is 0 Å². The lowest BCUT2D eigenvalue weighted by Crippen LogP contribution is -2.53. The second kappa shape index (κ2) is 11.1. The van der Waals surface area contributed by atoms with Crippen molar-refractivity contribution in [2.24, 2.45) is 5.92 Å². The van der Waals surface area contributed by atoms with Crippen molar-refractivity contribution in [1.29, 1.82) is 0 Å². The van der Waals surface area contributed by atoms with Gasteiger partial charge in [0.2, 0.25) is 17.7 Å². The summed E-state index contributed by atoms with van der Waals surface area (Å²) in [5.74, 6) is -1.27. The number of benzene rings is 1. The smallest absolute Gasteiger partial charge is 0.251 e. The number of likely N-dealkylation sites (tertiary alicyclic amines) is 2. The van der Waals surface area contributed by atoms with Crippen LogP contribution >= 0.6 is 0 Å². The van der Waals surface area contributed by atoms with Crippen LogP contribution in [0.15, 0.2) is 24.3 Å². The number of rotatable bonds is 8. The van der Waals surface area contributed by atoms with E-state index in [4.69, 9.17) is 0 Å². The number of amides is 4. The maximum absolute atomic E-state index is 13.6. The lowest BCUT2D eigenvalue weighted by Gasteiger charge is -2.29. The van der Waals surface area contributed by atoms with E-state index < -0.39 is 18.1 Å². The fourth-order valence-electron chi connectivity index (χ4n) is 4.84. The number of hydrogen-bond acceptors (Lipinski definition) is 6. The monoisotopic (exact) mass is 499 g/mol. The second-order valence-electron chi connectivity index (χ2n) is 10.3. The van der Waals surface area contributed by atoms with Crippen molar-refractivity contribution in [1.82, 2.24) is 20.0 Å². The minimum atomic E-state index is -0.786. The molecule has 2 aliphatic heterocycles. The minimum Gasteiger partial charge on any atom is -0.378 e. The molecule has 3 rings (SSSR count). The predicted octanol–water partition coefficient (Wildman–Crippen LogP) is 0.756. The second-order valence-corrected chi connectivity index (χ2v) is 10.3. The zero-order valence-corrected chi connectivity index (χ0v) is 22.0. The van der Waals surface area contributed by atoms with Gasteiger partial charge in [0, 0.05) is 45.9 Å². The molecule has 2 saturated heterocycles. The number of Topliss-reactive ketones (excluding diaryl/α,β-unsaturated/α-hetero) is 1. The van der Waals surface area contributed by atoms with Crippen LogP contribution in [0.4, 0.5) is 5.69 Å². The Bertz CT molecular complexity index is 1020. The van der Waals surface area contributed by atoms with E-state index in [1.54, 1.807) is 12.1 Å². The molecule has 4 amide bonds. The summed E-state index contributed by atoms with van der Waals surface area (Å²) in [6.45, 7) is 5.45. The van der Waals surface area contributed by atoms with Crippen molar-refractivity contribution in [3.8, 4) is 0 Å². The zero-order valence-electron chi connectivity index (χ0n) is 22.0. The summed E-state index contributed by atoms with van der Waals surface area (Å²) < 4.78 is 0. The molecule has 1 N–H and O–H groups in total. The van der Waals surface area contributed by atoms with E-state index >= 15 is 0 Å². The third kappa shape index (κ3) is 5.85. The summed E-state index contributed by atoms with van der Waals surface area (Å²) in [4.78, 5) is 70.1. The average Bonchev–Trinajstić information content (AvgIpc) is 3.39. The SMILES string of the molecule is CC(=O)N(C)CC(=O)N1CC(=O)C2C1CCN2C(=O)C(CC(C)C)NC(=O)c1ccc(N(C)C)cc1. The number of nitrogens with zero attached hydrogens (tertiary/aromatic N) is 4. The van der Waals surface area contributed by atoms with Crippen LogP contribution in [0.5, 0.6) is 0 Å². The van der Waals surface area contributed by atoms with Gasteiger partial charge in [-0.05, 0) is 43.0 Å². The number of anilines is 1. The summed E-state index contributed by atoms with van der Waals surface area (Å²) in [6, 6.07) is 5.19. The first-order valence-corrected chi connectivity index (χ1v) is 12.3. The standard InChI is InChI=1S/C26H37N5O5/c1-16(2)13-20(27-25(35)18-7-9-19(10-8-18)28(4)5)26(36)30-12-11-21-24(30)22(33)14-31(21)23(34)15-29(6)17(3)32/h7-10,16,20-21,24H,11-15H2,1-6H3,(H,27,35). The Balaban J connectivity index is 1.73. The first kappa shape index (κ1) is 27.2. The minimum absolute atomic E-state index is 0.0802. The van der Waals surface area contributed by atoms with Crippen LogP contribution in [-0.4, -0.2) is 103 Å². The third-order valence-electron chi connectivity index (χ3n) is 6.89. The Labute approximate surface area is 212 Å². The molecule has 3 atom stereocenters. The van der Waals surface area contributed by atoms with Crippen molar-refractivity contribution in [2.75, 3.05) is 45.7 Å². The van der Waals surface area contributed by atoms with Crippen molar-refractivity contribution >= 4 is 35.1 Å². The molecule has 10 heteroatoms. The number of carbonyl (C=O) groups is 5. The maximum atomic E-state index is 13.6. The molecule has 0 aliphatic carbocycles. The van der Waals surface area contributed by atoms with Gasteiger partial charge in [-0.1, -0.05) is 13.8 Å². The molecule has 36 heavy (non-hydrogen) atoms. The molecule has 0 bridgehead atoms. The lowest BCUT2D eigenvalue weighted by atomic mass is 10.0. The van der Waals surface area contributed by atoms with Crippen LogP contribution in [0.25, 0.3) is 0 Å². The molecule has 2 fully saturated rings. The van der Waals surface area contributed by atoms with Gasteiger partial charge in [0.15, 0.2) is 5.78 Å². The fourth-order valence-corrected chi connectivity index (χ4v) is 4.84. The van der Waals surface area contributed by atoms with Gasteiger partial charge in [-0.3, -0.25) is 24.0 Å². The third-order valence-corrected chi connectivity index (χ3v) is 6.89. The van der Waals surface area contributed by atoms with Crippen LogP contribution in [0.2, 0.25) is 0 Å². The van der Waals surface area contributed by atoms with Crippen molar-refractivity contribution in [3.05, 3.63) is 29.8 Å². The molecule has 1 aromatic carbocycles. The van der Waals surface area contributed by atoms with E-state index in [9.17, 15) is 24.0 Å². The van der Waals surface area contributed by atoms with Gasteiger partial charge in [0.25, 0.3) is 5.91 Å². The molecule has 0 aromatic heterocycles. The molecule has 0 radical (unpaired) electrons. The van der Waals surface area contributed by atoms with Gasteiger partial charge in [-0.15, -0.1) is 0 Å². The van der Waals surface area contributed by atoms with E-state index in [2.05, 4.69) is 5.32 Å². The van der Waals surface area contributed by atoms with Gasteiger partial charge in [0.05, 0.1) is 19.1 Å². The van der Waals surface area contributed by atoms with Crippen LogP contribution in [0, 0.1) is 5.92 Å². The molecular weight excluding hydrogens is 462 g/mol. The van der Waals surface area contributed by atoms with Gasteiger partial charge in [-0.2, -0.15) is 0 Å². The Morgan fingerprint density at radius 2 is 1.69 bits per heavy atom. The number of nitrogens with one attached hydrogen (secondary N) is 1.